The highest BCUT2D eigenvalue weighted by Crippen LogP contribution is 2.35. The Labute approximate surface area is 122 Å². The molecule has 0 bridgehead atoms. The van der Waals surface area contributed by atoms with Gasteiger partial charge in [-0.05, 0) is 58.2 Å². The van der Waals surface area contributed by atoms with Gasteiger partial charge in [-0.25, -0.2) is 0 Å². The molecule has 0 unspecified atom stereocenters. The number of ketones is 1. The largest absolute Gasteiger partial charge is 0.487 e. The number of halogens is 1. The Hall–Kier alpha value is -1.53. The first kappa shape index (κ1) is 12.5. The molecular formula is C13H9BrN2O2S. The Morgan fingerprint density at radius 1 is 1.47 bits per heavy atom. The van der Waals surface area contributed by atoms with Gasteiger partial charge in [-0.1, -0.05) is 4.49 Å². The third kappa shape index (κ3) is 2.33. The van der Waals surface area contributed by atoms with Crippen molar-refractivity contribution < 1.29 is 9.53 Å². The van der Waals surface area contributed by atoms with Crippen molar-refractivity contribution >= 4 is 39.3 Å². The average molecular weight is 337 g/mol. The second-order valence-corrected chi connectivity index (χ2v) is 5.70. The normalized spacial score (nSPS) is 16.3. The van der Waals surface area contributed by atoms with Gasteiger partial charge in [-0.2, -0.15) is 0 Å². The molecule has 0 N–H and O–H groups in total. The van der Waals surface area contributed by atoms with E-state index in [1.54, 1.807) is 11.5 Å². The van der Waals surface area contributed by atoms with Gasteiger partial charge in [-0.15, -0.1) is 5.10 Å². The summed E-state index contributed by atoms with van der Waals surface area (Å²) < 4.78 is 10.2. The maximum atomic E-state index is 12.4. The second kappa shape index (κ2) is 4.86. The maximum absolute atomic E-state index is 12.4. The molecular weight excluding hydrogens is 328 g/mol. The topological polar surface area (TPSA) is 52.1 Å². The summed E-state index contributed by atoms with van der Waals surface area (Å²) in [6.45, 7) is 2.20. The van der Waals surface area contributed by atoms with Crippen LogP contribution in [0.4, 0.5) is 0 Å². The summed E-state index contributed by atoms with van der Waals surface area (Å²) in [5, 5.41) is 5.70. The number of fused-ring (bicyclic) bond motifs is 1. The van der Waals surface area contributed by atoms with E-state index in [1.165, 1.54) is 11.5 Å². The van der Waals surface area contributed by atoms with Crippen LogP contribution < -0.4 is 4.74 Å². The van der Waals surface area contributed by atoms with E-state index >= 15 is 0 Å². The fourth-order valence-electron chi connectivity index (χ4n) is 1.95. The van der Waals surface area contributed by atoms with Crippen molar-refractivity contribution in [3.05, 3.63) is 44.4 Å². The molecule has 0 radical (unpaired) electrons. The van der Waals surface area contributed by atoms with Crippen molar-refractivity contribution in [2.45, 2.75) is 6.92 Å². The van der Waals surface area contributed by atoms with Gasteiger partial charge in [0, 0.05) is 11.0 Å². The number of carbonyl (C=O) groups excluding carboxylic acids is 1. The molecule has 4 nitrogen and oxygen atoms in total. The monoisotopic (exact) mass is 336 g/mol. The molecule has 1 aromatic carbocycles. The van der Waals surface area contributed by atoms with Crippen molar-refractivity contribution in [3.63, 3.8) is 0 Å². The predicted molar refractivity (Wildman–Crippen MR) is 76.6 cm³/mol. The smallest absolute Gasteiger partial charge is 0.196 e. The summed E-state index contributed by atoms with van der Waals surface area (Å²) in [5.41, 5.74) is 2.89. The molecule has 3 rings (SSSR count). The molecule has 1 aliphatic rings. The second-order valence-electron chi connectivity index (χ2n) is 4.24. The molecule has 19 heavy (non-hydrogen) atoms. The summed E-state index contributed by atoms with van der Waals surface area (Å²) in [6.07, 6.45) is 1.73. The lowest BCUT2D eigenvalue weighted by atomic mass is 9.98. The lowest BCUT2D eigenvalue weighted by Crippen LogP contribution is -2.19. The van der Waals surface area contributed by atoms with Crippen LogP contribution >= 0.6 is 27.5 Å². The van der Waals surface area contributed by atoms with Gasteiger partial charge in [-0.3, -0.25) is 4.79 Å². The van der Waals surface area contributed by atoms with E-state index in [2.05, 4.69) is 25.5 Å². The van der Waals surface area contributed by atoms with Crippen LogP contribution in [0.3, 0.4) is 0 Å². The SMILES string of the molecule is Cc1cc(Br)c2c(c1)C(=O)C(=Cc1csnn1)CO2. The molecule has 1 aromatic heterocycles. The molecule has 0 saturated heterocycles. The number of ether oxygens (including phenoxy) is 1. The number of aromatic nitrogens is 2. The minimum atomic E-state index is -0.0151. The van der Waals surface area contributed by atoms with E-state index in [-0.39, 0.29) is 12.4 Å². The molecule has 0 amide bonds. The van der Waals surface area contributed by atoms with Crippen LogP contribution in [0, 0.1) is 6.92 Å². The van der Waals surface area contributed by atoms with Crippen LogP contribution in [0.5, 0.6) is 5.75 Å². The van der Waals surface area contributed by atoms with Crippen molar-refractivity contribution in [1.29, 1.82) is 0 Å². The van der Waals surface area contributed by atoms with Crippen LogP contribution in [0.25, 0.3) is 6.08 Å². The first-order valence-corrected chi connectivity index (χ1v) is 7.23. The highest BCUT2D eigenvalue weighted by molar-refractivity contribution is 9.10. The van der Waals surface area contributed by atoms with Crippen molar-refractivity contribution in [2.24, 2.45) is 0 Å². The van der Waals surface area contributed by atoms with E-state index in [0.717, 1.165) is 10.0 Å². The Morgan fingerprint density at radius 3 is 3.05 bits per heavy atom. The number of nitrogens with zero attached hydrogens (tertiary/aromatic N) is 2. The lowest BCUT2D eigenvalue weighted by molar-refractivity contribution is 0.100. The molecule has 0 aliphatic carbocycles. The molecule has 0 fully saturated rings. The van der Waals surface area contributed by atoms with E-state index < -0.39 is 0 Å². The van der Waals surface area contributed by atoms with Gasteiger partial charge in [0.2, 0.25) is 0 Å². The molecule has 0 saturated carbocycles. The van der Waals surface area contributed by atoms with Gasteiger partial charge in [0.15, 0.2) is 5.78 Å². The number of benzene rings is 1. The Balaban J connectivity index is 2.05. The van der Waals surface area contributed by atoms with Gasteiger partial charge in [0.25, 0.3) is 0 Å². The number of hydrogen-bond acceptors (Lipinski definition) is 5. The first-order chi connectivity index (χ1) is 9.15. The molecule has 96 valence electrons. The van der Waals surface area contributed by atoms with E-state index in [0.29, 0.717) is 22.6 Å². The highest BCUT2D eigenvalue weighted by atomic mass is 79.9. The molecule has 2 aromatic rings. The fourth-order valence-corrected chi connectivity index (χ4v) is 3.05. The summed E-state index contributed by atoms with van der Waals surface area (Å²) in [5.74, 6) is 0.600. The zero-order chi connectivity index (χ0) is 13.4. The van der Waals surface area contributed by atoms with Crippen LogP contribution in [0.2, 0.25) is 0 Å². The minimum Gasteiger partial charge on any atom is -0.487 e. The standard InChI is InChI=1S/C13H9BrN2O2S/c1-7-2-10-12(17)8(4-9-6-19-16-15-9)5-18-13(10)11(14)3-7/h2-4,6H,5H2,1H3. The van der Waals surface area contributed by atoms with Crippen molar-refractivity contribution in [3.8, 4) is 5.75 Å². The maximum Gasteiger partial charge on any atom is 0.196 e. The van der Waals surface area contributed by atoms with Gasteiger partial charge >= 0.3 is 0 Å². The predicted octanol–water partition coefficient (Wildman–Crippen LogP) is 3.27. The third-order valence-corrected chi connectivity index (χ3v) is 3.91. The van der Waals surface area contributed by atoms with E-state index in [4.69, 9.17) is 4.74 Å². The Morgan fingerprint density at radius 2 is 2.32 bits per heavy atom. The van der Waals surface area contributed by atoms with Crippen LogP contribution in [0.15, 0.2) is 27.6 Å². The van der Waals surface area contributed by atoms with Crippen LogP contribution in [-0.4, -0.2) is 22.0 Å². The summed E-state index contributed by atoms with van der Waals surface area (Å²) in [7, 11) is 0. The number of Topliss-reactive ketones (excluding diaryl/α,β-unsaturated/α-hetero) is 1. The number of rotatable bonds is 1. The Kier molecular flexibility index (Phi) is 3.20. The quantitative estimate of drug-likeness (QED) is 0.750. The summed E-state index contributed by atoms with van der Waals surface area (Å²) in [6, 6.07) is 3.78. The molecule has 0 atom stereocenters. The molecule has 2 heterocycles. The lowest BCUT2D eigenvalue weighted by Gasteiger charge is -2.20. The minimum absolute atomic E-state index is 0.0151. The summed E-state index contributed by atoms with van der Waals surface area (Å²) in [4.78, 5) is 12.4. The van der Waals surface area contributed by atoms with Crippen molar-refractivity contribution in [1.82, 2.24) is 9.59 Å². The number of carbonyl (C=O) groups is 1. The van der Waals surface area contributed by atoms with E-state index in [1.807, 2.05) is 19.1 Å². The molecule has 6 heteroatoms. The zero-order valence-corrected chi connectivity index (χ0v) is 12.4. The van der Waals surface area contributed by atoms with Gasteiger partial charge in [0.1, 0.15) is 12.4 Å². The molecule has 1 aliphatic heterocycles. The fraction of sp³-hybridized carbons (Fsp3) is 0.154. The zero-order valence-electron chi connectivity index (χ0n) is 10.0. The number of hydrogen-bond donors (Lipinski definition) is 0. The molecule has 0 spiro atoms. The first-order valence-electron chi connectivity index (χ1n) is 5.60. The highest BCUT2D eigenvalue weighted by Gasteiger charge is 2.25. The van der Waals surface area contributed by atoms with Crippen LogP contribution in [-0.2, 0) is 0 Å². The Bertz CT molecular complexity index is 680. The van der Waals surface area contributed by atoms with Gasteiger partial charge < -0.3 is 4.74 Å². The van der Waals surface area contributed by atoms with Gasteiger partial charge in [0.05, 0.1) is 15.7 Å². The van der Waals surface area contributed by atoms with Crippen molar-refractivity contribution in [2.75, 3.05) is 6.61 Å². The summed E-state index contributed by atoms with van der Waals surface area (Å²) >= 11 is 4.68. The number of aryl methyl sites for hydroxylation is 1. The third-order valence-electron chi connectivity index (χ3n) is 2.80. The van der Waals surface area contributed by atoms with E-state index in [9.17, 15) is 4.79 Å². The average Bonchev–Trinajstić information content (AvgIpc) is 2.86. The van der Waals surface area contributed by atoms with Crippen LogP contribution in [0.1, 0.15) is 21.6 Å².